The minimum Gasteiger partial charge on any atom is -0.490 e. The Morgan fingerprint density at radius 3 is 2.29 bits per heavy atom. The smallest absolute Gasteiger partial charge is 0.431 e. The zero-order valence-corrected chi connectivity index (χ0v) is 19.7. The minimum atomic E-state index is -4.58. The summed E-state index contributed by atoms with van der Waals surface area (Å²) in [5, 5.41) is 5.02. The van der Waals surface area contributed by atoms with Crippen LogP contribution < -0.4 is 9.75 Å². The first-order chi connectivity index (χ1) is 15.9. The van der Waals surface area contributed by atoms with Crippen LogP contribution in [0.15, 0.2) is 29.4 Å². The molecule has 0 bridgehead atoms. The van der Waals surface area contributed by atoms with E-state index in [9.17, 15) is 22.8 Å². The fraction of sp³-hybridized carbons (Fsp3) is 0.609. The summed E-state index contributed by atoms with van der Waals surface area (Å²) in [6.45, 7) is 7.88. The summed E-state index contributed by atoms with van der Waals surface area (Å²) < 4.78 is 56.2. The zero-order chi connectivity index (χ0) is 25.1. The van der Waals surface area contributed by atoms with E-state index in [0.29, 0.717) is 37.4 Å². The van der Waals surface area contributed by atoms with Gasteiger partial charge in [0.05, 0.1) is 11.7 Å². The molecule has 0 aromatic heterocycles. The third kappa shape index (κ3) is 6.32. The molecule has 188 valence electrons. The van der Waals surface area contributed by atoms with E-state index in [4.69, 9.17) is 14.2 Å². The van der Waals surface area contributed by atoms with Crippen LogP contribution in [0.1, 0.15) is 40.5 Å². The summed E-state index contributed by atoms with van der Waals surface area (Å²) in [6.07, 6.45) is -3.75. The van der Waals surface area contributed by atoms with Crippen LogP contribution in [0, 0.1) is 5.92 Å². The molecule has 2 aliphatic heterocycles. The third-order valence-electron chi connectivity index (χ3n) is 5.66. The van der Waals surface area contributed by atoms with Crippen molar-refractivity contribution in [1.29, 1.82) is 0 Å². The van der Waals surface area contributed by atoms with Gasteiger partial charge in [0.1, 0.15) is 29.8 Å². The lowest BCUT2D eigenvalue weighted by atomic mass is 9.97. The highest BCUT2D eigenvalue weighted by Gasteiger charge is 2.48. The largest absolute Gasteiger partial charge is 0.490 e. The summed E-state index contributed by atoms with van der Waals surface area (Å²) in [7, 11) is 0. The van der Waals surface area contributed by atoms with E-state index in [-0.39, 0.29) is 25.3 Å². The molecule has 0 saturated carbocycles. The van der Waals surface area contributed by atoms with Crippen LogP contribution in [0.4, 0.5) is 23.7 Å². The average Bonchev–Trinajstić information content (AvgIpc) is 3.08. The molecule has 2 aliphatic rings. The summed E-state index contributed by atoms with van der Waals surface area (Å²) in [5.41, 5.74) is -1.04. The molecule has 0 N–H and O–H groups in total. The van der Waals surface area contributed by atoms with Gasteiger partial charge in [-0.1, -0.05) is 6.92 Å². The predicted molar refractivity (Wildman–Crippen MR) is 119 cm³/mol. The van der Waals surface area contributed by atoms with E-state index in [0.717, 1.165) is 0 Å². The van der Waals surface area contributed by atoms with Gasteiger partial charge in [-0.05, 0) is 45.0 Å². The number of ether oxygens (including phenoxy) is 3. The number of carbonyl (C=O) groups excluding carboxylic acids is 2. The number of rotatable bonds is 6. The Bertz CT molecular complexity index is 891. The number of halogens is 3. The minimum absolute atomic E-state index is 0.0973. The van der Waals surface area contributed by atoms with Gasteiger partial charge >= 0.3 is 12.3 Å². The van der Waals surface area contributed by atoms with Gasteiger partial charge in [-0.25, -0.2) is 4.79 Å². The van der Waals surface area contributed by atoms with Crippen LogP contribution in [0.5, 0.6) is 5.75 Å². The second kappa shape index (κ2) is 10.1. The van der Waals surface area contributed by atoms with E-state index in [2.05, 4.69) is 5.10 Å². The number of amides is 1. The molecule has 0 aliphatic carbocycles. The normalized spacial score (nSPS) is 21.8. The third-order valence-corrected chi connectivity index (χ3v) is 5.66. The van der Waals surface area contributed by atoms with Gasteiger partial charge in [0.2, 0.25) is 0 Å². The number of hydrazone groups is 1. The van der Waals surface area contributed by atoms with Crippen LogP contribution in [0.25, 0.3) is 0 Å². The molecule has 0 spiro atoms. The maximum absolute atomic E-state index is 13.4. The number of likely N-dealkylation sites (tertiary alicyclic amines) is 1. The molecule has 1 saturated heterocycles. The molecule has 8 nitrogen and oxygen atoms in total. The Morgan fingerprint density at radius 1 is 1.15 bits per heavy atom. The first-order valence-electron chi connectivity index (χ1n) is 11.1. The molecule has 2 atom stereocenters. The lowest BCUT2D eigenvalue weighted by molar-refractivity contribution is -0.129. The Kier molecular flexibility index (Phi) is 7.62. The maximum Gasteiger partial charge on any atom is 0.431 e. The van der Waals surface area contributed by atoms with E-state index in [1.54, 1.807) is 29.2 Å². The van der Waals surface area contributed by atoms with Crippen LogP contribution in [-0.2, 0) is 14.3 Å². The monoisotopic (exact) mass is 485 g/mol. The topological polar surface area (TPSA) is 80.7 Å². The fourth-order valence-corrected chi connectivity index (χ4v) is 3.94. The summed E-state index contributed by atoms with van der Waals surface area (Å²) in [6, 6.07) is 5.80. The Labute approximate surface area is 196 Å². The van der Waals surface area contributed by atoms with Crippen molar-refractivity contribution in [2.45, 2.75) is 64.5 Å². The van der Waals surface area contributed by atoms with Crippen LogP contribution >= 0.6 is 0 Å². The first kappa shape index (κ1) is 25.6. The van der Waals surface area contributed by atoms with Crippen molar-refractivity contribution < 1.29 is 37.0 Å². The maximum atomic E-state index is 13.4. The van der Waals surface area contributed by atoms with Gasteiger partial charge in [-0.2, -0.15) is 18.3 Å². The van der Waals surface area contributed by atoms with E-state index in [1.807, 2.05) is 20.8 Å². The van der Waals surface area contributed by atoms with Crippen molar-refractivity contribution in [3.63, 3.8) is 0 Å². The Hall–Kier alpha value is -2.98. The molecule has 11 heteroatoms. The lowest BCUT2D eigenvalue weighted by Crippen LogP contribution is -2.44. The SMILES string of the molecule is C[C@@H]1C(C(F)(F)F)=NN(c2ccc(OC3CCN(C(=O)OC(C)(C)C)CC3)cc2)[C@H]1COC=O. The fourth-order valence-electron chi connectivity index (χ4n) is 3.94. The predicted octanol–water partition coefficient (Wildman–Crippen LogP) is 4.38. The number of anilines is 1. The number of benzene rings is 1. The molecule has 1 fully saturated rings. The number of hydrogen-bond donors (Lipinski definition) is 0. The molecule has 3 rings (SSSR count). The van der Waals surface area contributed by atoms with Crippen LogP contribution in [-0.4, -0.2) is 66.8 Å². The molecule has 2 heterocycles. The number of alkyl halides is 3. The molecule has 1 aromatic rings. The first-order valence-corrected chi connectivity index (χ1v) is 11.1. The highest BCUT2D eigenvalue weighted by Crippen LogP contribution is 2.35. The van der Waals surface area contributed by atoms with Crippen molar-refractivity contribution in [3.05, 3.63) is 24.3 Å². The summed E-state index contributed by atoms with van der Waals surface area (Å²) in [5.74, 6) is -0.404. The van der Waals surface area contributed by atoms with Crippen LogP contribution in [0.2, 0.25) is 0 Å². The van der Waals surface area contributed by atoms with Crippen molar-refractivity contribution in [2.24, 2.45) is 11.0 Å². The molecule has 1 aromatic carbocycles. The molecule has 0 unspecified atom stereocenters. The van der Waals surface area contributed by atoms with Gasteiger partial charge < -0.3 is 19.1 Å². The van der Waals surface area contributed by atoms with Gasteiger partial charge in [-0.3, -0.25) is 9.80 Å². The van der Waals surface area contributed by atoms with Gasteiger partial charge in [0.25, 0.3) is 6.47 Å². The second-order valence-electron chi connectivity index (χ2n) is 9.39. The van der Waals surface area contributed by atoms with E-state index >= 15 is 0 Å². The van der Waals surface area contributed by atoms with E-state index in [1.165, 1.54) is 11.9 Å². The number of nitrogens with zero attached hydrogens (tertiary/aromatic N) is 3. The molecule has 0 radical (unpaired) electrons. The van der Waals surface area contributed by atoms with Crippen molar-refractivity contribution in [1.82, 2.24) is 4.90 Å². The van der Waals surface area contributed by atoms with Gasteiger partial charge in [0, 0.05) is 31.8 Å². The van der Waals surface area contributed by atoms with Crippen molar-refractivity contribution >= 4 is 24.0 Å². The summed E-state index contributed by atoms with van der Waals surface area (Å²) in [4.78, 5) is 24.4. The van der Waals surface area contributed by atoms with Crippen molar-refractivity contribution in [2.75, 3.05) is 24.7 Å². The Morgan fingerprint density at radius 2 is 1.76 bits per heavy atom. The van der Waals surface area contributed by atoms with E-state index < -0.39 is 29.4 Å². The number of hydrogen-bond acceptors (Lipinski definition) is 7. The molecule has 34 heavy (non-hydrogen) atoms. The highest BCUT2D eigenvalue weighted by molar-refractivity contribution is 5.95. The Balaban J connectivity index is 1.62. The van der Waals surface area contributed by atoms with Gasteiger partial charge in [0.15, 0.2) is 0 Å². The van der Waals surface area contributed by atoms with Crippen LogP contribution in [0.3, 0.4) is 0 Å². The zero-order valence-electron chi connectivity index (χ0n) is 19.7. The number of carbonyl (C=O) groups is 2. The van der Waals surface area contributed by atoms with Crippen molar-refractivity contribution in [3.8, 4) is 5.75 Å². The number of piperidine rings is 1. The summed E-state index contributed by atoms with van der Waals surface area (Å²) >= 11 is 0. The standard InChI is InChI=1S/C23H30F3N3O5/c1-15-19(13-32-14-30)29(27-20(15)23(24,25)26)16-5-7-17(8-6-16)33-18-9-11-28(12-10-18)21(31)34-22(2,3)4/h5-8,14-15,18-19H,9-13H2,1-4H3/t15-,19-/m0/s1. The quantitative estimate of drug-likeness (QED) is 0.557. The molecular weight excluding hydrogens is 455 g/mol. The average molecular weight is 486 g/mol. The lowest BCUT2D eigenvalue weighted by Gasteiger charge is -2.33. The van der Waals surface area contributed by atoms with Gasteiger partial charge in [-0.15, -0.1) is 0 Å². The molecular formula is C23H30F3N3O5. The molecule has 1 amide bonds. The second-order valence-corrected chi connectivity index (χ2v) is 9.39. The highest BCUT2D eigenvalue weighted by atomic mass is 19.4.